The van der Waals surface area contributed by atoms with Crippen LogP contribution in [0.25, 0.3) is 11.0 Å². The topological polar surface area (TPSA) is 185 Å². The minimum absolute atomic E-state index is 0.0759. The molecule has 0 atom stereocenters. The predicted molar refractivity (Wildman–Crippen MR) is 117 cm³/mol. The van der Waals surface area contributed by atoms with Crippen LogP contribution in [0, 0.1) is 24.0 Å². The van der Waals surface area contributed by atoms with Crippen molar-refractivity contribution in [3.63, 3.8) is 0 Å². The lowest BCUT2D eigenvalue weighted by Crippen LogP contribution is -2.33. The summed E-state index contributed by atoms with van der Waals surface area (Å²) < 4.78 is 0. The Bertz CT molecular complexity index is 1310. The van der Waals surface area contributed by atoms with Gasteiger partial charge >= 0.3 is 6.03 Å². The number of nitrogens with zero attached hydrogens (tertiary/aromatic N) is 3. The van der Waals surface area contributed by atoms with Crippen LogP contribution in [0.1, 0.15) is 16.8 Å². The highest BCUT2D eigenvalue weighted by Gasteiger charge is 2.19. The molecule has 0 saturated carbocycles. The van der Waals surface area contributed by atoms with Gasteiger partial charge in [-0.15, -0.1) is 0 Å². The maximum absolute atomic E-state index is 12.9. The molecule has 0 radical (unpaired) electrons. The van der Waals surface area contributed by atoms with Crippen LogP contribution in [0.4, 0.5) is 16.2 Å². The van der Waals surface area contributed by atoms with Gasteiger partial charge in [0, 0.05) is 24.2 Å². The molecule has 0 spiro atoms. The van der Waals surface area contributed by atoms with Crippen LogP contribution in [0.2, 0.25) is 0 Å². The van der Waals surface area contributed by atoms with Gasteiger partial charge in [0.15, 0.2) is 0 Å². The molecule has 0 aliphatic carbocycles. The minimum Gasteiger partial charge on any atom is -0.350 e. The number of nitrogens with one attached hydrogen (secondary N) is 3. The number of hydrazone groups is 1. The van der Waals surface area contributed by atoms with E-state index in [9.17, 15) is 24.5 Å². The Kier molecular flexibility index (Phi) is 6.24. The van der Waals surface area contributed by atoms with E-state index < -0.39 is 22.4 Å². The molecule has 164 valence electrons. The first-order valence-corrected chi connectivity index (χ1v) is 9.32. The van der Waals surface area contributed by atoms with Gasteiger partial charge in [0.05, 0.1) is 16.0 Å². The molecule has 1 aromatic heterocycles. The molecule has 0 unspecified atom stereocenters. The number of urea groups is 1. The fourth-order valence-corrected chi connectivity index (χ4v) is 2.99. The number of hydrogen-bond donors (Lipinski definition) is 4. The first-order chi connectivity index (χ1) is 15.2. The van der Waals surface area contributed by atoms with E-state index in [1.165, 1.54) is 18.2 Å². The quantitative estimate of drug-likeness (QED) is 0.258. The molecule has 3 aromatic rings. The van der Waals surface area contributed by atoms with E-state index in [1.807, 2.05) is 37.5 Å². The Labute approximate surface area is 180 Å². The molecule has 0 saturated heterocycles. The van der Waals surface area contributed by atoms with Gasteiger partial charge in [0.1, 0.15) is 11.4 Å². The van der Waals surface area contributed by atoms with Crippen LogP contribution >= 0.6 is 0 Å². The van der Waals surface area contributed by atoms with E-state index in [0.717, 1.165) is 11.1 Å². The molecular weight excluding hydrogens is 418 g/mol. The van der Waals surface area contributed by atoms with Crippen molar-refractivity contribution in [2.45, 2.75) is 20.3 Å². The molecule has 12 heteroatoms. The zero-order valence-electron chi connectivity index (χ0n) is 17.1. The van der Waals surface area contributed by atoms with Crippen LogP contribution in [0.3, 0.4) is 0 Å². The third-order valence-corrected chi connectivity index (χ3v) is 4.57. The number of amides is 3. The summed E-state index contributed by atoms with van der Waals surface area (Å²) in [6.07, 6.45) is -0.334. The molecule has 2 aromatic carbocycles. The van der Waals surface area contributed by atoms with Crippen molar-refractivity contribution in [2.75, 3.05) is 5.32 Å². The number of primary amides is 1. The highest BCUT2D eigenvalue weighted by Crippen LogP contribution is 2.20. The van der Waals surface area contributed by atoms with Crippen LogP contribution in [0.15, 0.2) is 46.3 Å². The van der Waals surface area contributed by atoms with Crippen molar-refractivity contribution in [1.29, 1.82) is 0 Å². The van der Waals surface area contributed by atoms with Crippen molar-refractivity contribution in [3.8, 4) is 0 Å². The number of aryl methyl sites for hydroxylation is 2. The third kappa shape index (κ3) is 4.92. The molecule has 12 nitrogen and oxygen atoms in total. The Morgan fingerprint density at radius 2 is 1.91 bits per heavy atom. The molecule has 0 fully saturated rings. The zero-order chi connectivity index (χ0) is 23.4. The van der Waals surface area contributed by atoms with Gasteiger partial charge in [-0.1, -0.05) is 18.2 Å². The number of anilines is 1. The van der Waals surface area contributed by atoms with E-state index in [0.29, 0.717) is 5.69 Å². The average Bonchev–Trinajstić information content (AvgIpc) is 2.73. The highest BCUT2D eigenvalue weighted by atomic mass is 16.6. The molecule has 3 rings (SSSR count). The van der Waals surface area contributed by atoms with Crippen LogP contribution < -0.4 is 22.0 Å². The second-order valence-electron chi connectivity index (χ2n) is 6.90. The largest absolute Gasteiger partial charge is 0.350 e. The maximum atomic E-state index is 12.9. The lowest BCUT2D eigenvalue weighted by atomic mass is 10.1. The van der Waals surface area contributed by atoms with E-state index in [1.54, 1.807) is 0 Å². The van der Waals surface area contributed by atoms with E-state index in [-0.39, 0.29) is 34.5 Å². The number of hydrogen-bond acceptors (Lipinski definition) is 7. The number of para-hydroxylation sites is 1. The normalized spacial score (nSPS) is 11.2. The van der Waals surface area contributed by atoms with Gasteiger partial charge in [-0.25, -0.2) is 15.2 Å². The molecule has 0 bridgehead atoms. The van der Waals surface area contributed by atoms with E-state index >= 15 is 0 Å². The van der Waals surface area contributed by atoms with E-state index in [4.69, 9.17) is 5.73 Å². The second kappa shape index (κ2) is 9.04. The number of H-pyrrole nitrogens is 1. The van der Waals surface area contributed by atoms with Gasteiger partial charge in [0.2, 0.25) is 0 Å². The number of non-ortho nitro benzene ring substituents is 1. The van der Waals surface area contributed by atoms with Crippen molar-refractivity contribution in [3.05, 3.63) is 73.7 Å². The van der Waals surface area contributed by atoms with Gasteiger partial charge in [-0.3, -0.25) is 19.7 Å². The summed E-state index contributed by atoms with van der Waals surface area (Å²) >= 11 is 0. The first kappa shape index (κ1) is 22.1. The first-order valence-electron chi connectivity index (χ1n) is 9.32. The molecule has 0 aliphatic rings. The number of aromatic amines is 1. The number of fused-ring (bicyclic) bond motifs is 1. The smallest absolute Gasteiger partial charge is 0.332 e. The Balaban J connectivity index is 1.96. The third-order valence-electron chi connectivity index (χ3n) is 4.57. The summed E-state index contributed by atoms with van der Waals surface area (Å²) in [4.78, 5) is 53.5. The fraction of sp³-hybridized carbons (Fsp3) is 0.150. The van der Waals surface area contributed by atoms with Crippen molar-refractivity contribution in [2.24, 2.45) is 10.8 Å². The molecule has 0 aliphatic heterocycles. The minimum atomic E-state index is -0.991. The molecule has 1 heterocycles. The van der Waals surface area contributed by atoms with Crippen molar-refractivity contribution < 1.29 is 14.5 Å². The molecular formula is C20H19N7O5. The van der Waals surface area contributed by atoms with Gasteiger partial charge in [-0.2, -0.15) is 5.10 Å². The lowest BCUT2D eigenvalue weighted by molar-refractivity contribution is -0.384. The SMILES string of the molecule is Cc1cccc(C)c1NC(=O)C(Cc1nc2ccc([N+](=O)[O-])cc2[nH]c1=O)=NNC(N)=O. The number of carbonyl (C=O) groups is 2. The van der Waals surface area contributed by atoms with E-state index in [2.05, 4.69) is 20.4 Å². The van der Waals surface area contributed by atoms with Gasteiger partial charge in [0.25, 0.3) is 17.2 Å². The number of nitro groups is 1. The number of nitrogens with two attached hydrogens (primary N) is 1. The highest BCUT2D eigenvalue weighted by molar-refractivity contribution is 6.43. The number of benzene rings is 2. The summed E-state index contributed by atoms with van der Waals surface area (Å²) in [5.41, 5.74) is 8.51. The van der Waals surface area contributed by atoms with Crippen molar-refractivity contribution >= 4 is 40.1 Å². The van der Waals surface area contributed by atoms with Gasteiger partial charge in [-0.05, 0) is 31.0 Å². The van der Waals surface area contributed by atoms with Crippen LogP contribution in [-0.2, 0) is 11.2 Å². The van der Waals surface area contributed by atoms with Gasteiger partial charge < -0.3 is 16.0 Å². The van der Waals surface area contributed by atoms with Crippen LogP contribution in [-0.4, -0.2) is 32.5 Å². The number of rotatable bonds is 6. The van der Waals surface area contributed by atoms with Crippen molar-refractivity contribution in [1.82, 2.24) is 15.4 Å². The predicted octanol–water partition coefficient (Wildman–Crippen LogP) is 1.65. The summed E-state index contributed by atoms with van der Waals surface area (Å²) in [5, 5.41) is 17.4. The Hall–Kier alpha value is -4.61. The monoisotopic (exact) mass is 437 g/mol. The Morgan fingerprint density at radius 3 is 2.53 bits per heavy atom. The summed E-state index contributed by atoms with van der Waals surface area (Å²) in [6.45, 7) is 3.63. The Morgan fingerprint density at radius 1 is 1.22 bits per heavy atom. The summed E-state index contributed by atoms with van der Waals surface area (Å²) in [7, 11) is 0. The lowest BCUT2D eigenvalue weighted by Gasteiger charge is -2.12. The molecule has 32 heavy (non-hydrogen) atoms. The number of aromatic nitrogens is 2. The number of nitro benzene ring substituents is 1. The average molecular weight is 437 g/mol. The zero-order valence-corrected chi connectivity index (χ0v) is 17.1. The summed E-state index contributed by atoms with van der Waals surface area (Å²) in [6, 6.07) is 8.29. The van der Waals surface area contributed by atoms with Crippen LogP contribution in [0.5, 0.6) is 0 Å². The molecule has 5 N–H and O–H groups in total. The number of carbonyl (C=O) groups excluding carboxylic acids is 2. The fourth-order valence-electron chi connectivity index (χ4n) is 2.99. The summed E-state index contributed by atoms with van der Waals surface area (Å²) in [5.74, 6) is -0.666. The maximum Gasteiger partial charge on any atom is 0.332 e. The standard InChI is InChI=1S/C20H19N7O5/c1-10-4-3-5-11(2)17(10)24-19(29)16(25-26-20(21)30)9-15-18(28)23-14-8-12(27(31)32)6-7-13(14)22-15/h3-8H,9H2,1-2H3,(H,23,28)(H,24,29)(H3,21,26,30). The molecule has 3 amide bonds. The second-order valence-corrected chi connectivity index (χ2v) is 6.90.